The Morgan fingerprint density at radius 1 is 1.15 bits per heavy atom. The lowest BCUT2D eigenvalue weighted by Gasteiger charge is -2.32. The Hall–Kier alpha value is -2.83. The molecule has 0 unspecified atom stereocenters. The van der Waals surface area contributed by atoms with Crippen LogP contribution in [0.4, 0.5) is 0 Å². The molecule has 0 aliphatic carbocycles. The second-order valence-corrected chi connectivity index (χ2v) is 9.74. The SMILES string of the molecule is CC1(C)c2cc3nc(-c4cn([C@H]5C[C@H](O)[C@@H](CO)O5)c(=O)[nH]c4=O)[nH]c3cc2C(C)(C)N1[O]. The maximum absolute atomic E-state index is 12.9. The van der Waals surface area contributed by atoms with Crippen LogP contribution < -0.4 is 11.2 Å². The van der Waals surface area contributed by atoms with Crippen LogP contribution in [0.3, 0.4) is 0 Å². The lowest BCUT2D eigenvalue weighted by Crippen LogP contribution is -2.41. The molecular formula is C22H26N5O6. The fourth-order valence-electron chi connectivity index (χ4n) is 5.03. The van der Waals surface area contributed by atoms with E-state index in [-0.39, 0.29) is 24.4 Å². The number of aromatic nitrogens is 4. The fourth-order valence-corrected chi connectivity index (χ4v) is 5.03. The van der Waals surface area contributed by atoms with Crippen molar-refractivity contribution in [2.24, 2.45) is 0 Å². The Kier molecular flexibility index (Phi) is 4.72. The van der Waals surface area contributed by atoms with Crippen LogP contribution in [0.1, 0.15) is 51.5 Å². The fraction of sp³-hybridized carbons (Fsp3) is 0.500. The monoisotopic (exact) mass is 456 g/mol. The van der Waals surface area contributed by atoms with Crippen molar-refractivity contribution in [2.75, 3.05) is 6.61 Å². The maximum atomic E-state index is 12.9. The highest BCUT2D eigenvalue weighted by Gasteiger charge is 2.50. The van der Waals surface area contributed by atoms with Crippen molar-refractivity contribution in [2.45, 2.75) is 63.6 Å². The van der Waals surface area contributed by atoms with E-state index in [1.165, 1.54) is 10.8 Å². The number of aliphatic hydroxyl groups is 2. The van der Waals surface area contributed by atoms with Gasteiger partial charge < -0.3 is 19.9 Å². The molecule has 0 saturated carbocycles. The molecule has 4 N–H and O–H groups in total. The predicted octanol–water partition coefficient (Wildman–Crippen LogP) is 0.852. The molecule has 2 aliphatic rings. The van der Waals surface area contributed by atoms with E-state index < -0.39 is 40.8 Å². The normalized spacial score (nSPS) is 26.2. The maximum Gasteiger partial charge on any atom is 0.330 e. The number of ether oxygens (including phenoxy) is 1. The van der Waals surface area contributed by atoms with Crippen LogP contribution in [-0.2, 0) is 21.0 Å². The molecule has 3 aromatic rings. The number of hydroxylamine groups is 2. The van der Waals surface area contributed by atoms with Gasteiger partial charge in [-0.3, -0.25) is 14.3 Å². The van der Waals surface area contributed by atoms with Crippen LogP contribution in [0.5, 0.6) is 0 Å². The molecule has 0 amide bonds. The average Bonchev–Trinajstić information content (AvgIpc) is 3.37. The summed E-state index contributed by atoms with van der Waals surface area (Å²) in [5.41, 5.74) is 0.359. The van der Waals surface area contributed by atoms with Crippen LogP contribution in [0.25, 0.3) is 22.4 Å². The molecule has 1 radical (unpaired) electrons. The molecule has 1 fully saturated rings. The Balaban J connectivity index is 1.61. The third-order valence-corrected chi connectivity index (χ3v) is 6.87. The highest BCUT2D eigenvalue weighted by molar-refractivity contribution is 5.82. The number of imidazole rings is 1. The van der Waals surface area contributed by atoms with Gasteiger partial charge in [-0.15, -0.1) is 10.3 Å². The number of rotatable bonds is 3. The zero-order valence-electron chi connectivity index (χ0n) is 18.7. The Labute approximate surface area is 188 Å². The Morgan fingerprint density at radius 2 is 1.82 bits per heavy atom. The topological polar surface area (TPSA) is 156 Å². The minimum absolute atomic E-state index is 0.0966. The summed E-state index contributed by atoms with van der Waals surface area (Å²) in [6.45, 7) is 7.08. The average molecular weight is 456 g/mol. The molecule has 0 spiro atoms. The van der Waals surface area contributed by atoms with E-state index in [2.05, 4.69) is 15.0 Å². The Bertz CT molecular complexity index is 1320. The second-order valence-electron chi connectivity index (χ2n) is 9.74. The Morgan fingerprint density at radius 3 is 2.45 bits per heavy atom. The third-order valence-electron chi connectivity index (χ3n) is 6.87. The number of aromatic amines is 2. The second kappa shape index (κ2) is 7.08. The highest BCUT2D eigenvalue weighted by Crippen LogP contribution is 2.49. The molecule has 33 heavy (non-hydrogen) atoms. The molecule has 11 nitrogen and oxygen atoms in total. The summed E-state index contributed by atoms with van der Waals surface area (Å²) in [5, 5.41) is 33.3. The highest BCUT2D eigenvalue weighted by atomic mass is 16.5. The zero-order chi connectivity index (χ0) is 23.9. The van der Waals surface area contributed by atoms with E-state index in [4.69, 9.17) is 4.74 Å². The van der Waals surface area contributed by atoms with Gasteiger partial charge in [-0.05, 0) is 51.0 Å². The van der Waals surface area contributed by atoms with Crippen molar-refractivity contribution in [1.82, 2.24) is 24.6 Å². The smallest absolute Gasteiger partial charge is 0.330 e. The number of benzene rings is 1. The van der Waals surface area contributed by atoms with Gasteiger partial charge in [0, 0.05) is 12.6 Å². The van der Waals surface area contributed by atoms with Crippen molar-refractivity contribution in [3.05, 3.63) is 50.3 Å². The van der Waals surface area contributed by atoms with Crippen molar-refractivity contribution >= 4 is 11.0 Å². The van der Waals surface area contributed by atoms with Gasteiger partial charge in [0.2, 0.25) is 0 Å². The van der Waals surface area contributed by atoms with Gasteiger partial charge in [0.25, 0.3) is 5.56 Å². The molecule has 175 valence electrons. The number of fused-ring (bicyclic) bond motifs is 2. The molecule has 2 aliphatic heterocycles. The van der Waals surface area contributed by atoms with E-state index in [9.17, 15) is 25.0 Å². The summed E-state index contributed by atoms with van der Waals surface area (Å²) in [7, 11) is 0. The van der Waals surface area contributed by atoms with Gasteiger partial charge in [-0.25, -0.2) is 9.78 Å². The zero-order valence-corrected chi connectivity index (χ0v) is 18.7. The lowest BCUT2D eigenvalue weighted by molar-refractivity contribution is -0.266. The molecule has 3 atom stereocenters. The minimum Gasteiger partial charge on any atom is -0.394 e. The summed E-state index contributed by atoms with van der Waals surface area (Å²) in [4.78, 5) is 35.0. The number of H-pyrrole nitrogens is 2. The summed E-state index contributed by atoms with van der Waals surface area (Å²) in [6.07, 6.45) is -1.13. The molecule has 5 rings (SSSR count). The largest absolute Gasteiger partial charge is 0.394 e. The molecule has 1 saturated heterocycles. The van der Waals surface area contributed by atoms with Crippen molar-refractivity contribution in [3.63, 3.8) is 0 Å². The first kappa shape index (κ1) is 22.0. The predicted molar refractivity (Wildman–Crippen MR) is 117 cm³/mol. The van der Waals surface area contributed by atoms with Gasteiger partial charge in [-0.1, -0.05) is 0 Å². The van der Waals surface area contributed by atoms with Crippen molar-refractivity contribution in [1.29, 1.82) is 0 Å². The summed E-state index contributed by atoms with van der Waals surface area (Å²) in [5.74, 6) is 0.260. The minimum atomic E-state index is -0.928. The van der Waals surface area contributed by atoms with Gasteiger partial charge >= 0.3 is 5.69 Å². The molecule has 11 heteroatoms. The number of nitrogens with zero attached hydrogens (tertiary/aromatic N) is 3. The van der Waals surface area contributed by atoms with E-state index in [1.807, 2.05) is 39.8 Å². The van der Waals surface area contributed by atoms with E-state index >= 15 is 0 Å². The number of nitrogens with one attached hydrogen (secondary N) is 2. The first-order valence-electron chi connectivity index (χ1n) is 10.8. The third kappa shape index (κ3) is 3.11. The molecule has 4 heterocycles. The van der Waals surface area contributed by atoms with Crippen LogP contribution in [0.15, 0.2) is 27.9 Å². The van der Waals surface area contributed by atoms with Gasteiger partial charge in [0.15, 0.2) is 0 Å². The number of hydrogen-bond donors (Lipinski definition) is 4. The molecule has 2 aromatic heterocycles. The first-order valence-corrected chi connectivity index (χ1v) is 10.8. The van der Waals surface area contributed by atoms with Crippen LogP contribution >= 0.6 is 0 Å². The van der Waals surface area contributed by atoms with E-state index in [1.54, 1.807) is 0 Å². The number of hydrogen-bond acceptors (Lipinski definition) is 7. The number of aliphatic hydroxyl groups excluding tert-OH is 2. The van der Waals surface area contributed by atoms with Crippen LogP contribution in [0.2, 0.25) is 0 Å². The van der Waals surface area contributed by atoms with Gasteiger partial charge in [0.05, 0.1) is 40.4 Å². The standard InChI is InChI=1S/C22H26N5O6/c1-21(2)11-5-13-14(6-12(11)22(3,4)27(21)32)24-18(23-13)10-8-26(20(31)25-19(10)30)17-7-15(29)16(9-28)33-17/h5-6,8,15-17,28-29H,7,9H2,1-4H3,(H,23,24)(H,25,30,31)/t15-,16+,17+/m0/s1. The van der Waals surface area contributed by atoms with Crippen LogP contribution in [-0.4, -0.2) is 53.6 Å². The molecular weight excluding hydrogens is 430 g/mol. The van der Waals surface area contributed by atoms with E-state index in [0.29, 0.717) is 11.0 Å². The van der Waals surface area contributed by atoms with E-state index in [0.717, 1.165) is 16.2 Å². The first-order chi connectivity index (χ1) is 15.4. The summed E-state index contributed by atoms with van der Waals surface area (Å²) < 4.78 is 6.75. The summed E-state index contributed by atoms with van der Waals surface area (Å²) in [6, 6.07) is 3.74. The van der Waals surface area contributed by atoms with Crippen molar-refractivity contribution < 1.29 is 20.2 Å². The quantitative estimate of drug-likeness (QED) is 0.455. The van der Waals surface area contributed by atoms with Gasteiger partial charge in [0.1, 0.15) is 18.2 Å². The molecule has 1 aromatic carbocycles. The van der Waals surface area contributed by atoms with Crippen molar-refractivity contribution in [3.8, 4) is 11.4 Å². The summed E-state index contributed by atoms with van der Waals surface area (Å²) >= 11 is 0. The van der Waals surface area contributed by atoms with Crippen LogP contribution in [0, 0.1) is 0 Å². The van der Waals surface area contributed by atoms with Gasteiger partial charge in [-0.2, -0.15) is 0 Å². The lowest BCUT2D eigenvalue weighted by atomic mass is 9.90. The molecule has 0 bridgehead atoms.